The van der Waals surface area contributed by atoms with Gasteiger partial charge in [-0.25, -0.2) is 4.98 Å². The molecule has 0 bridgehead atoms. The van der Waals surface area contributed by atoms with Crippen LogP contribution in [-0.4, -0.2) is 12.1 Å². The second-order valence-electron chi connectivity index (χ2n) is 4.56. The van der Waals surface area contributed by atoms with Crippen LogP contribution in [0.25, 0.3) is 22.0 Å². The van der Waals surface area contributed by atoms with E-state index in [0.29, 0.717) is 32.3 Å². The Morgan fingerprint density at radius 2 is 1.64 bits per heavy atom. The van der Waals surface area contributed by atoms with E-state index in [1.54, 1.807) is 6.07 Å². The smallest absolute Gasteiger partial charge is 0.158 e. The van der Waals surface area contributed by atoms with Gasteiger partial charge in [-0.3, -0.25) is 0 Å². The van der Waals surface area contributed by atoms with Crippen LogP contribution in [0.3, 0.4) is 0 Å². The number of methoxy groups -OCH3 is 1. The molecule has 0 atom stereocenters. The van der Waals surface area contributed by atoms with E-state index in [0.717, 1.165) is 5.56 Å². The Morgan fingerprint density at radius 1 is 0.955 bits per heavy atom. The molecule has 0 radical (unpaired) electrons. The first-order valence-electron chi connectivity index (χ1n) is 6.30. The van der Waals surface area contributed by atoms with Crippen LogP contribution in [0.4, 0.5) is 0 Å². The van der Waals surface area contributed by atoms with E-state index in [1.165, 1.54) is 7.11 Å². The van der Waals surface area contributed by atoms with Crippen molar-refractivity contribution in [3.8, 4) is 16.9 Å². The van der Waals surface area contributed by atoms with Crippen molar-refractivity contribution in [3.05, 3.63) is 56.6 Å². The number of fused-ring (bicyclic) bond motifs is 1. The molecule has 0 saturated heterocycles. The molecule has 0 amide bonds. The first-order chi connectivity index (χ1) is 10.5. The Bertz CT molecular complexity index is 865. The molecule has 22 heavy (non-hydrogen) atoms. The molecule has 2 nitrogen and oxygen atoms in total. The number of hydrogen-bond donors (Lipinski definition) is 0. The fraction of sp³-hybridized carbons (Fsp3) is 0.0625. The molecule has 0 aliphatic rings. The van der Waals surface area contributed by atoms with Crippen LogP contribution in [0.15, 0.2) is 36.4 Å². The maximum Gasteiger partial charge on any atom is 0.158 e. The van der Waals surface area contributed by atoms with Gasteiger partial charge in [-0.05, 0) is 11.6 Å². The summed E-state index contributed by atoms with van der Waals surface area (Å²) in [6, 6.07) is 11.2. The Kier molecular flexibility index (Phi) is 4.37. The molecule has 6 heteroatoms. The van der Waals surface area contributed by atoms with E-state index in [1.807, 2.05) is 30.3 Å². The van der Waals surface area contributed by atoms with Gasteiger partial charge in [0.15, 0.2) is 5.75 Å². The van der Waals surface area contributed by atoms with Crippen LogP contribution in [0, 0.1) is 0 Å². The van der Waals surface area contributed by atoms with Gasteiger partial charge in [-0.2, -0.15) is 0 Å². The molecular formula is C16H9Cl4NO. The molecule has 0 spiro atoms. The van der Waals surface area contributed by atoms with Gasteiger partial charge in [0.1, 0.15) is 10.2 Å². The normalized spacial score (nSPS) is 11.0. The highest BCUT2D eigenvalue weighted by Crippen LogP contribution is 2.45. The van der Waals surface area contributed by atoms with Crippen molar-refractivity contribution in [1.29, 1.82) is 0 Å². The number of rotatable bonds is 2. The van der Waals surface area contributed by atoms with Crippen molar-refractivity contribution in [2.45, 2.75) is 0 Å². The number of hydrogen-bond acceptors (Lipinski definition) is 2. The van der Waals surface area contributed by atoms with Crippen molar-refractivity contribution >= 4 is 57.3 Å². The molecule has 112 valence electrons. The molecule has 1 heterocycles. The topological polar surface area (TPSA) is 22.1 Å². The number of benzene rings is 2. The second kappa shape index (κ2) is 6.13. The van der Waals surface area contributed by atoms with Gasteiger partial charge in [0.2, 0.25) is 0 Å². The highest BCUT2D eigenvalue weighted by Gasteiger charge is 2.19. The maximum atomic E-state index is 6.54. The Balaban J connectivity index is 2.40. The van der Waals surface area contributed by atoms with Crippen LogP contribution >= 0.6 is 46.4 Å². The lowest BCUT2D eigenvalue weighted by Crippen LogP contribution is -1.93. The Hall–Kier alpha value is -1.19. The van der Waals surface area contributed by atoms with Gasteiger partial charge >= 0.3 is 0 Å². The molecule has 0 N–H and O–H groups in total. The van der Waals surface area contributed by atoms with Crippen molar-refractivity contribution in [3.63, 3.8) is 0 Å². The third kappa shape index (κ3) is 2.50. The summed E-state index contributed by atoms with van der Waals surface area (Å²) in [5.74, 6) is 0.350. The predicted molar refractivity (Wildman–Crippen MR) is 93.8 cm³/mol. The van der Waals surface area contributed by atoms with Crippen LogP contribution in [0.2, 0.25) is 20.2 Å². The zero-order valence-corrected chi connectivity index (χ0v) is 14.4. The quantitative estimate of drug-likeness (QED) is 0.477. The molecule has 2 aromatic carbocycles. The Morgan fingerprint density at radius 3 is 2.27 bits per heavy atom. The fourth-order valence-corrected chi connectivity index (χ4v) is 3.62. The first kappa shape index (κ1) is 15.7. The molecule has 0 aliphatic heterocycles. The van der Waals surface area contributed by atoms with E-state index >= 15 is 0 Å². The largest absolute Gasteiger partial charge is 0.494 e. The molecule has 0 fully saturated rings. The molecule has 1 aromatic heterocycles. The molecule has 3 rings (SSSR count). The third-order valence-electron chi connectivity index (χ3n) is 3.29. The van der Waals surface area contributed by atoms with Gasteiger partial charge in [0.25, 0.3) is 0 Å². The third-order valence-corrected chi connectivity index (χ3v) is 4.59. The summed E-state index contributed by atoms with van der Waals surface area (Å²) >= 11 is 25.4. The van der Waals surface area contributed by atoms with Gasteiger partial charge in [-0.1, -0.05) is 76.7 Å². The van der Waals surface area contributed by atoms with Gasteiger partial charge in [-0.15, -0.1) is 0 Å². The molecular weight excluding hydrogens is 364 g/mol. The molecule has 0 unspecified atom stereocenters. The lowest BCUT2D eigenvalue weighted by Gasteiger charge is -2.13. The molecule has 0 aliphatic carbocycles. The van der Waals surface area contributed by atoms with Crippen LogP contribution < -0.4 is 4.74 Å². The minimum atomic E-state index is 0.273. The minimum absolute atomic E-state index is 0.273. The number of ether oxygens (including phenoxy) is 1. The van der Waals surface area contributed by atoms with E-state index in [4.69, 9.17) is 51.1 Å². The van der Waals surface area contributed by atoms with Gasteiger partial charge in [0.05, 0.1) is 22.7 Å². The molecule has 3 aromatic rings. The Labute approximate surface area is 147 Å². The summed E-state index contributed by atoms with van der Waals surface area (Å²) in [4.78, 5) is 4.37. The summed E-state index contributed by atoms with van der Waals surface area (Å²) in [6.07, 6.45) is 0. The highest BCUT2D eigenvalue weighted by atomic mass is 35.5. The zero-order chi connectivity index (χ0) is 15.9. The number of nitrogens with zero attached hydrogens (tertiary/aromatic N) is 1. The summed E-state index contributed by atoms with van der Waals surface area (Å²) in [7, 11) is 1.49. The zero-order valence-electron chi connectivity index (χ0n) is 11.3. The SMILES string of the molecule is COc1c(Cl)cc2c(Cl)c(-c3ccccc3)c(Cl)nc2c1Cl. The van der Waals surface area contributed by atoms with Crippen molar-refractivity contribution in [2.75, 3.05) is 7.11 Å². The summed E-state index contributed by atoms with van der Waals surface area (Å²) in [5, 5.41) is 2.00. The summed E-state index contributed by atoms with van der Waals surface area (Å²) in [6.45, 7) is 0. The van der Waals surface area contributed by atoms with Gasteiger partial charge in [0, 0.05) is 10.9 Å². The monoisotopic (exact) mass is 371 g/mol. The fourth-order valence-electron chi connectivity index (χ4n) is 2.28. The lowest BCUT2D eigenvalue weighted by atomic mass is 10.0. The average molecular weight is 373 g/mol. The average Bonchev–Trinajstić information content (AvgIpc) is 2.50. The number of pyridine rings is 1. The van der Waals surface area contributed by atoms with Crippen molar-refractivity contribution in [1.82, 2.24) is 4.98 Å². The van der Waals surface area contributed by atoms with E-state index in [2.05, 4.69) is 4.98 Å². The minimum Gasteiger partial charge on any atom is -0.494 e. The summed E-state index contributed by atoms with van der Waals surface area (Å²) < 4.78 is 5.19. The standard InChI is InChI=1S/C16H9Cl4NO/c1-22-15-10(17)7-9-12(18)11(8-5-3-2-4-6-8)16(20)21-14(9)13(15)19/h2-7H,1H3. The lowest BCUT2D eigenvalue weighted by molar-refractivity contribution is 0.416. The van der Waals surface area contributed by atoms with Crippen LogP contribution in [0.5, 0.6) is 5.75 Å². The maximum absolute atomic E-state index is 6.54. The predicted octanol–water partition coefficient (Wildman–Crippen LogP) is 6.52. The second-order valence-corrected chi connectivity index (χ2v) is 6.08. The van der Waals surface area contributed by atoms with Gasteiger partial charge < -0.3 is 4.74 Å². The van der Waals surface area contributed by atoms with E-state index in [-0.39, 0.29) is 10.2 Å². The van der Waals surface area contributed by atoms with Crippen molar-refractivity contribution < 1.29 is 4.74 Å². The van der Waals surface area contributed by atoms with Crippen molar-refractivity contribution in [2.24, 2.45) is 0 Å². The van der Waals surface area contributed by atoms with E-state index < -0.39 is 0 Å². The van der Waals surface area contributed by atoms with E-state index in [9.17, 15) is 0 Å². The summed E-state index contributed by atoms with van der Waals surface area (Å²) in [5.41, 5.74) is 1.97. The molecule has 0 saturated carbocycles. The highest BCUT2D eigenvalue weighted by molar-refractivity contribution is 6.46. The van der Waals surface area contributed by atoms with Crippen LogP contribution in [0.1, 0.15) is 0 Å². The first-order valence-corrected chi connectivity index (χ1v) is 7.82. The van der Waals surface area contributed by atoms with Crippen LogP contribution in [-0.2, 0) is 0 Å². The number of halogens is 4. The number of aromatic nitrogens is 1.